The molecule has 2 aromatic rings. The third-order valence-electron chi connectivity index (χ3n) is 2.79. The molecule has 1 heterocycles. The second-order valence-corrected chi connectivity index (χ2v) is 4.15. The molecule has 2 rings (SSSR count). The van der Waals surface area contributed by atoms with E-state index >= 15 is 0 Å². The van der Waals surface area contributed by atoms with Crippen LogP contribution in [0.4, 0.5) is 4.39 Å². The van der Waals surface area contributed by atoms with Crippen LogP contribution in [-0.4, -0.2) is 28.6 Å². The van der Waals surface area contributed by atoms with Gasteiger partial charge in [0.05, 0.1) is 13.3 Å². The van der Waals surface area contributed by atoms with E-state index < -0.39 is 0 Å². The van der Waals surface area contributed by atoms with Crippen molar-refractivity contribution in [2.75, 3.05) is 13.7 Å². The zero-order valence-corrected chi connectivity index (χ0v) is 10.8. The largest absolute Gasteiger partial charge is 0.497 e. The first-order valence-corrected chi connectivity index (χ1v) is 6.17. The van der Waals surface area contributed by atoms with E-state index in [1.165, 1.54) is 13.2 Å². The molecule has 1 aromatic heterocycles. The summed E-state index contributed by atoms with van der Waals surface area (Å²) in [5, 5.41) is 10.8. The van der Waals surface area contributed by atoms with Crippen molar-refractivity contribution in [2.24, 2.45) is 0 Å². The smallest absolute Gasteiger partial charge is 0.131 e. The van der Waals surface area contributed by atoms with Gasteiger partial charge in [-0.1, -0.05) is 11.3 Å². The van der Waals surface area contributed by atoms with E-state index in [0.29, 0.717) is 17.9 Å². The lowest BCUT2D eigenvalue weighted by Crippen LogP contribution is -2.17. The minimum Gasteiger partial charge on any atom is -0.497 e. The third-order valence-corrected chi connectivity index (χ3v) is 2.79. The normalized spacial score (nSPS) is 10.6. The van der Waals surface area contributed by atoms with Crippen LogP contribution in [0.1, 0.15) is 12.0 Å². The van der Waals surface area contributed by atoms with Gasteiger partial charge >= 0.3 is 0 Å². The average molecular weight is 264 g/mol. The van der Waals surface area contributed by atoms with Gasteiger partial charge in [0, 0.05) is 30.9 Å². The van der Waals surface area contributed by atoms with E-state index in [9.17, 15) is 4.39 Å². The van der Waals surface area contributed by atoms with Crippen molar-refractivity contribution in [3.63, 3.8) is 0 Å². The van der Waals surface area contributed by atoms with Gasteiger partial charge in [-0.15, -0.1) is 5.10 Å². The van der Waals surface area contributed by atoms with Crippen molar-refractivity contribution in [2.45, 2.75) is 19.5 Å². The van der Waals surface area contributed by atoms with E-state index in [0.717, 1.165) is 19.5 Å². The van der Waals surface area contributed by atoms with Gasteiger partial charge < -0.3 is 10.1 Å². The summed E-state index contributed by atoms with van der Waals surface area (Å²) < 4.78 is 20.4. The first-order valence-electron chi connectivity index (χ1n) is 6.17. The van der Waals surface area contributed by atoms with Crippen molar-refractivity contribution in [3.8, 4) is 5.75 Å². The predicted octanol–water partition coefficient (Wildman–Crippen LogP) is 1.61. The average Bonchev–Trinajstić information content (AvgIpc) is 2.93. The van der Waals surface area contributed by atoms with E-state index in [-0.39, 0.29) is 5.82 Å². The maximum Gasteiger partial charge on any atom is 0.131 e. The molecule has 102 valence electrons. The first kappa shape index (κ1) is 13.5. The Morgan fingerprint density at radius 3 is 3.00 bits per heavy atom. The summed E-state index contributed by atoms with van der Waals surface area (Å²) in [6.07, 6.45) is 4.39. The molecule has 0 spiro atoms. The lowest BCUT2D eigenvalue weighted by Gasteiger charge is -2.07. The molecule has 0 radical (unpaired) electrons. The Balaban J connectivity index is 1.70. The number of nitrogens with zero attached hydrogens (tertiary/aromatic N) is 3. The molecule has 0 saturated carbocycles. The van der Waals surface area contributed by atoms with E-state index in [1.54, 1.807) is 23.0 Å². The molecular weight excluding hydrogens is 247 g/mol. The topological polar surface area (TPSA) is 52.0 Å². The summed E-state index contributed by atoms with van der Waals surface area (Å²) in [5.74, 6) is 0.288. The van der Waals surface area contributed by atoms with Crippen LogP contribution >= 0.6 is 0 Å². The minimum atomic E-state index is -0.247. The van der Waals surface area contributed by atoms with Crippen molar-refractivity contribution in [3.05, 3.63) is 42.0 Å². The number of aryl methyl sites for hydroxylation is 1. The fourth-order valence-electron chi connectivity index (χ4n) is 1.74. The molecule has 1 aromatic carbocycles. The molecule has 19 heavy (non-hydrogen) atoms. The highest BCUT2D eigenvalue weighted by Gasteiger charge is 2.03. The summed E-state index contributed by atoms with van der Waals surface area (Å²) in [4.78, 5) is 0. The Kier molecular flexibility index (Phi) is 4.85. The molecule has 0 bridgehead atoms. The van der Waals surface area contributed by atoms with Gasteiger partial charge in [0.15, 0.2) is 0 Å². The number of nitrogens with one attached hydrogen (secondary N) is 1. The molecule has 0 saturated heterocycles. The highest BCUT2D eigenvalue weighted by Crippen LogP contribution is 2.15. The van der Waals surface area contributed by atoms with Gasteiger partial charge in [0.1, 0.15) is 11.6 Å². The van der Waals surface area contributed by atoms with Crippen LogP contribution in [0.25, 0.3) is 0 Å². The van der Waals surface area contributed by atoms with Gasteiger partial charge in [-0.05, 0) is 19.0 Å². The summed E-state index contributed by atoms with van der Waals surface area (Å²) in [6, 6.07) is 4.89. The highest BCUT2D eigenvalue weighted by atomic mass is 19.1. The standard InChI is InChI=1S/C13H17FN4O/c1-19-12-4-3-11(13(14)9-12)10-15-5-2-7-18-8-6-16-17-18/h3-4,6,8-9,15H,2,5,7,10H2,1H3. The Hall–Kier alpha value is -1.95. The second-order valence-electron chi connectivity index (χ2n) is 4.15. The maximum absolute atomic E-state index is 13.6. The van der Waals surface area contributed by atoms with E-state index in [2.05, 4.69) is 15.6 Å². The van der Waals surface area contributed by atoms with Crippen LogP contribution in [0.15, 0.2) is 30.6 Å². The Morgan fingerprint density at radius 2 is 2.32 bits per heavy atom. The molecular formula is C13H17FN4O. The SMILES string of the molecule is COc1ccc(CNCCCn2ccnn2)c(F)c1. The lowest BCUT2D eigenvalue weighted by molar-refractivity contribution is 0.410. The fraction of sp³-hybridized carbons (Fsp3) is 0.385. The Bertz CT molecular complexity index is 501. The van der Waals surface area contributed by atoms with Crippen molar-refractivity contribution in [1.82, 2.24) is 20.3 Å². The molecule has 0 fully saturated rings. The zero-order chi connectivity index (χ0) is 13.5. The van der Waals surface area contributed by atoms with Crippen molar-refractivity contribution < 1.29 is 9.13 Å². The van der Waals surface area contributed by atoms with Crippen molar-refractivity contribution in [1.29, 1.82) is 0 Å². The second kappa shape index (κ2) is 6.84. The first-order chi connectivity index (χ1) is 9.29. The molecule has 0 unspecified atom stereocenters. The molecule has 5 nitrogen and oxygen atoms in total. The number of benzene rings is 1. The number of hydrogen-bond acceptors (Lipinski definition) is 4. The predicted molar refractivity (Wildman–Crippen MR) is 69.3 cm³/mol. The monoisotopic (exact) mass is 264 g/mol. The minimum absolute atomic E-state index is 0.247. The van der Waals surface area contributed by atoms with Gasteiger partial charge in [-0.3, -0.25) is 4.68 Å². The summed E-state index contributed by atoms with van der Waals surface area (Å²) >= 11 is 0. The molecule has 0 aliphatic rings. The summed E-state index contributed by atoms with van der Waals surface area (Å²) in [5.41, 5.74) is 0.640. The number of hydrogen-bond donors (Lipinski definition) is 1. The molecule has 0 amide bonds. The third kappa shape index (κ3) is 4.03. The van der Waals surface area contributed by atoms with Gasteiger partial charge in [0.25, 0.3) is 0 Å². The number of ether oxygens (including phenoxy) is 1. The zero-order valence-electron chi connectivity index (χ0n) is 10.8. The van der Waals surface area contributed by atoms with Crippen LogP contribution < -0.4 is 10.1 Å². The van der Waals surface area contributed by atoms with Crippen molar-refractivity contribution >= 4 is 0 Å². The van der Waals surface area contributed by atoms with Crippen LogP contribution in [0.2, 0.25) is 0 Å². The number of methoxy groups -OCH3 is 1. The van der Waals surface area contributed by atoms with Crippen LogP contribution in [0.3, 0.4) is 0 Å². The molecule has 1 N–H and O–H groups in total. The van der Waals surface area contributed by atoms with Gasteiger partial charge in [0.2, 0.25) is 0 Å². The fourth-order valence-corrected chi connectivity index (χ4v) is 1.74. The summed E-state index contributed by atoms with van der Waals surface area (Å²) in [6.45, 7) is 2.11. The van der Waals surface area contributed by atoms with Crippen LogP contribution in [0, 0.1) is 5.82 Å². The Morgan fingerprint density at radius 1 is 1.42 bits per heavy atom. The molecule has 0 atom stereocenters. The van der Waals surface area contributed by atoms with E-state index in [4.69, 9.17) is 4.74 Å². The van der Waals surface area contributed by atoms with Crippen LogP contribution in [-0.2, 0) is 13.1 Å². The summed E-state index contributed by atoms with van der Waals surface area (Å²) in [7, 11) is 1.52. The van der Waals surface area contributed by atoms with Crippen LogP contribution in [0.5, 0.6) is 5.75 Å². The Labute approximate surface area is 111 Å². The highest BCUT2D eigenvalue weighted by molar-refractivity contribution is 5.28. The quantitative estimate of drug-likeness (QED) is 0.772. The van der Waals surface area contributed by atoms with Gasteiger partial charge in [-0.2, -0.15) is 0 Å². The number of aromatic nitrogens is 3. The number of halogens is 1. The molecule has 6 heteroatoms. The lowest BCUT2D eigenvalue weighted by atomic mass is 10.2. The van der Waals surface area contributed by atoms with Gasteiger partial charge in [-0.25, -0.2) is 4.39 Å². The molecule has 0 aliphatic carbocycles. The number of rotatable bonds is 7. The molecule has 0 aliphatic heterocycles. The van der Waals surface area contributed by atoms with E-state index in [1.807, 2.05) is 6.20 Å². The maximum atomic E-state index is 13.6.